The van der Waals surface area contributed by atoms with Crippen LogP contribution >= 0.6 is 0 Å². The maximum absolute atomic E-state index is 11.4. The molecule has 0 unspecified atom stereocenters. The van der Waals surface area contributed by atoms with Crippen LogP contribution in [0.1, 0.15) is 36.8 Å². The molecule has 1 aromatic heterocycles. The third kappa shape index (κ3) is 5.07. The van der Waals surface area contributed by atoms with Crippen LogP contribution < -0.4 is 15.4 Å². The number of carbonyl (C=O) groups is 1. The SMILES string of the molecule is CC(=O)c1ccc(Nc2cc(C)nc(Nc3ccccc3OC(C)C)n2)cc1. The van der Waals surface area contributed by atoms with Gasteiger partial charge in [0.05, 0.1) is 11.8 Å². The van der Waals surface area contributed by atoms with E-state index >= 15 is 0 Å². The minimum atomic E-state index is 0.0400. The second-order valence-electron chi connectivity index (χ2n) is 6.76. The van der Waals surface area contributed by atoms with Gasteiger partial charge in [0.2, 0.25) is 5.95 Å². The second kappa shape index (κ2) is 8.52. The Balaban J connectivity index is 1.81. The molecule has 0 spiro atoms. The van der Waals surface area contributed by atoms with Crippen LogP contribution in [0.15, 0.2) is 54.6 Å². The van der Waals surface area contributed by atoms with Gasteiger partial charge >= 0.3 is 0 Å². The Bertz CT molecular complexity index is 969. The standard InChI is InChI=1S/C22H24N4O2/c1-14(2)28-20-8-6-5-7-19(20)25-22-23-15(3)13-21(26-22)24-18-11-9-17(10-12-18)16(4)27/h5-14H,1-4H3,(H2,23,24,25,26). The highest BCUT2D eigenvalue weighted by Gasteiger charge is 2.09. The highest BCUT2D eigenvalue weighted by atomic mass is 16.5. The Morgan fingerprint density at radius 2 is 1.71 bits per heavy atom. The number of para-hydroxylation sites is 2. The number of aromatic nitrogens is 2. The highest BCUT2D eigenvalue weighted by molar-refractivity contribution is 5.94. The van der Waals surface area contributed by atoms with Crippen LogP contribution in [0.5, 0.6) is 5.75 Å². The number of nitrogens with zero attached hydrogens (tertiary/aromatic N) is 2. The molecule has 0 aliphatic carbocycles. The predicted molar refractivity (Wildman–Crippen MR) is 112 cm³/mol. The number of anilines is 4. The van der Waals surface area contributed by atoms with Crippen molar-refractivity contribution in [2.24, 2.45) is 0 Å². The molecule has 0 fully saturated rings. The van der Waals surface area contributed by atoms with Gasteiger partial charge in [-0.2, -0.15) is 4.98 Å². The van der Waals surface area contributed by atoms with Crippen molar-refractivity contribution in [1.29, 1.82) is 0 Å². The quantitative estimate of drug-likeness (QED) is 0.548. The molecule has 0 saturated carbocycles. The molecule has 1 heterocycles. The monoisotopic (exact) mass is 376 g/mol. The average Bonchev–Trinajstić information content (AvgIpc) is 2.63. The van der Waals surface area contributed by atoms with E-state index in [9.17, 15) is 4.79 Å². The number of hydrogen-bond acceptors (Lipinski definition) is 6. The van der Waals surface area contributed by atoms with Crippen LogP contribution in [-0.2, 0) is 0 Å². The number of nitrogens with one attached hydrogen (secondary N) is 2. The Hall–Kier alpha value is -3.41. The number of benzene rings is 2. The number of aryl methyl sites for hydroxylation is 1. The van der Waals surface area contributed by atoms with Crippen LogP contribution in [0.3, 0.4) is 0 Å². The van der Waals surface area contributed by atoms with Gasteiger partial charge in [-0.3, -0.25) is 4.79 Å². The van der Waals surface area contributed by atoms with E-state index < -0.39 is 0 Å². The van der Waals surface area contributed by atoms with E-state index in [4.69, 9.17) is 4.74 Å². The molecule has 0 aliphatic rings. The summed E-state index contributed by atoms with van der Waals surface area (Å²) in [7, 11) is 0. The van der Waals surface area contributed by atoms with Crippen LogP contribution in [0.4, 0.5) is 23.1 Å². The van der Waals surface area contributed by atoms with Crippen molar-refractivity contribution in [3.63, 3.8) is 0 Å². The molecule has 0 saturated heterocycles. The minimum Gasteiger partial charge on any atom is -0.489 e. The van der Waals surface area contributed by atoms with Gasteiger partial charge in [0.25, 0.3) is 0 Å². The second-order valence-corrected chi connectivity index (χ2v) is 6.76. The van der Waals surface area contributed by atoms with E-state index in [-0.39, 0.29) is 11.9 Å². The highest BCUT2D eigenvalue weighted by Crippen LogP contribution is 2.28. The molecule has 3 rings (SSSR count). The molecule has 2 aromatic carbocycles. The predicted octanol–water partition coefficient (Wildman–Crippen LogP) is 5.26. The maximum Gasteiger partial charge on any atom is 0.229 e. The van der Waals surface area contributed by atoms with Gasteiger partial charge in [-0.15, -0.1) is 0 Å². The Morgan fingerprint density at radius 3 is 2.39 bits per heavy atom. The fraction of sp³-hybridized carbons (Fsp3) is 0.227. The molecule has 28 heavy (non-hydrogen) atoms. The number of ketones is 1. The smallest absolute Gasteiger partial charge is 0.229 e. The molecular formula is C22H24N4O2. The lowest BCUT2D eigenvalue weighted by molar-refractivity contribution is 0.101. The molecule has 0 bridgehead atoms. The summed E-state index contributed by atoms with van der Waals surface area (Å²) in [6.45, 7) is 7.43. The molecular weight excluding hydrogens is 352 g/mol. The summed E-state index contributed by atoms with van der Waals surface area (Å²) in [5.74, 6) is 1.92. The molecule has 0 atom stereocenters. The fourth-order valence-electron chi connectivity index (χ4n) is 2.67. The van der Waals surface area contributed by atoms with Gasteiger partial charge in [0, 0.05) is 23.0 Å². The zero-order valence-corrected chi connectivity index (χ0v) is 16.5. The third-order valence-electron chi connectivity index (χ3n) is 3.91. The summed E-state index contributed by atoms with van der Waals surface area (Å²) >= 11 is 0. The van der Waals surface area contributed by atoms with E-state index in [0.29, 0.717) is 17.3 Å². The third-order valence-corrected chi connectivity index (χ3v) is 3.91. The molecule has 0 amide bonds. The lowest BCUT2D eigenvalue weighted by Gasteiger charge is -2.15. The first-order chi connectivity index (χ1) is 13.4. The van der Waals surface area contributed by atoms with Crippen molar-refractivity contribution in [2.45, 2.75) is 33.8 Å². The van der Waals surface area contributed by atoms with Gasteiger partial charge in [-0.05, 0) is 64.1 Å². The van der Waals surface area contributed by atoms with E-state index in [1.54, 1.807) is 19.1 Å². The van der Waals surface area contributed by atoms with Crippen molar-refractivity contribution in [3.8, 4) is 5.75 Å². The van der Waals surface area contributed by atoms with E-state index in [1.807, 2.05) is 63.2 Å². The number of Topliss-reactive ketones (excluding diaryl/α,β-unsaturated/α-hetero) is 1. The number of hydrogen-bond donors (Lipinski definition) is 2. The maximum atomic E-state index is 11.4. The van der Waals surface area contributed by atoms with Crippen LogP contribution in [0, 0.1) is 6.92 Å². The van der Waals surface area contributed by atoms with Crippen molar-refractivity contribution in [3.05, 3.63) is 65.9 Å². The zero-order chi connectivity index (χ0) is 20.1. The van der Waals surface area contributed by atoms with Gasteiger partial charge in [-0.25, -0.2) is 4.98 Å². The van der Waals surface area contributed by atoms with Crippen molar-refractivity contribution < 1.29 is 9.53 Å². The van der Waals surface area contributed by atoms with Crippen molar-refractivity contribution in [2.75, 3.05) is 10.6 Å². The normalized spacial score (nSPS) is 10.6. The lowest BCUT2D eigenvalue weighted by Crippen LogP contribution is -2.08. The van der Waals surface area contributed by atoms with Crippen molar-refractivity contribution >= 4 is 28.9 Å². The van der Waals surface area contributed by atoms with E-state index in [2.05, 4.69) is 20.6 Å². The molecule has 6 nitrogen and oxygen atoms in total. The zero-order valence-electron chi connectivity index (χ0n) is 16.5. The van der Waals surface area contributed by atoms with Gasteiger partial charge in [0.15, 0.2) is 5.78 Å². The molecule has 6 heteroatoms. The summed E-state index contributed by atoms with van der Waals surface area (Å²) in [5, 5.41) is 6.49. The van der Waals surface area contributed by atoms with E-state index in [0.717, 1.165) is 22.8 Å². The summed E-state index contributed by atoms with van der Waals surface area (Å²) < 4.78 is 5.84. The van der Waals surface area contributed by atoms with Gasteiger partial charge in [-0.1, -0.05) is 12.1 Å². The van der Waals surface area contributed by atoms with Crippen molar-refractivity contribution in [1.82, 2.24) is 9.97 Å². The van der Waals surface area contributed by atoms with Crippen LogP contribution in [0.2, 0.25) is 0 Å². The summed E-state index contributed by atoms with van der Waals surface area (Å²) in [6.07, 6.45) is 0.0663. The summed E-state index contributed by atoms with van der Waals surface area (Å²) in [5.41, 5.74) is 3.15. The summed E-state index contributed by atoms with van der Waals surface area (Å²) in [4.78, 5) is 20.4. The van der Waals surface area contributed by atoms with Crippen LogP contribution in [0.25, 0.3) is 0 Å². The molecule has 2 N–H and O–H groups in total. The topological polar surface area (TPSA) is 76.1 Å². The Labute approximate surface area is 165 Å². The first-order valence-corrected chi connectivity index (χ1v) is 9.17. The molecule has 144 valence electrons. The van der Waals surface area contributed by atoms with Gasteiger partial charge in [0.1, 0.15) is 11.6 Å². The molecule has 3 aromatic rings. The number of carbonyl (C=O) groups excluding carboxylic acids is 1. The number of rotatable bonds is 7. The fourth-order valence-corrected chi connectivity index (χ4v) is 2.67. The molecule has 0 aliphatic heterocycles. The number of ether oxygens (including phenoxy) is 1. The lowest BCUT2D eigenvalue weighted by atomic mass is 10.1. The Morgan fingerprint density at radius 1 is 1.00 bits per heavy atom. The largest absolute Gasteiger partial charge is 0.489 e. The summed E-state index contributed by atoms with van der Waals surface area (Å²) in [6, 6.07) is 16.8. The Kier molecular flexibility index (Phi) is 5.89. The first-order valence-electron chi connectivity index (χ1n) is 9.17. The van der Waals surface area contributed by atoms with Gasteiger partial charge < -0.3 is 15.4 Å². The average molecular weight is 376 g/mol. The van der Waals surface area contributed by atoms with Crippen LogP contribution in [-0.4, -0.2) is 21.9 Å². The minimum absolute atomic E-state index is 0.0400. The van der Waals surface area contributed by atoms with E-state index in [1.165, 1.54) is 0 Å². The molecule has 0 radical (unpaired) electrons. The first kappa shape index (κ1) is 19.4.